The molecule has 0 fully saturated rings. The lowest BCUT2D eigenvalue weighted by molar-refractivity contribution is 0.252. The van der Waals surface area contributed by atoms with Gasteiger partial charge in [0.1, 0.15) is 22.9 Å². The number of hydrogen-bond acceptors (Lipinski definition) is 4. The van der Waals surface area contributed by atoms with Gasteiger partial charge in [0, 0.05) is 12.1 Å². The number of carbonyl (C=O) groups is 1. The summed E-state index contributed by atoms with van der Waals surface area (Å²) in [5.41, 5.74) is 9.70. The number of carbonyl (C=O) groups excluding carboxylic acids is 1. The Morgan fingerprint density at radius 1 is 1.03 bits per heavy atom. The van der Waals surface area contributed by atoms with E-state index in [9.17, 15) is 9.18 Å². The molecule has 0 aliphatic rings. The second kappa shape index (κ2) is 9.86. The zero-order valence-corrected chi connectivity index (χ0v) is 18.1. The summed E-state index contributed by atoms with van der Waals surface area (Å²) in [4.78, 5) is 12.6. The topological polar surface area (TPSA) is 94.2 Å². The number of nitrogen functional groups attached to an aromatic ring is 1. The van der Waals surface area contributed by atoms with Gasteiger partial charge in [0.05, 0.1) is 12.8 Å². The standard InChI is InChI=1S/C25H24FN5O2/c1-33-21-13-7-17(8-14-21)15-16-28-25(32)29-23-22(18-5-3-2-4-6-18)30-31(24(23)27)20-11-9-19(26)10-12-20/h2-14H,15-16,27H2,1H3,(H2,28,29,32). The summed E-state index contributed by atoms with van der Waals surface area (Å²) >= 11 is 0. The van der Waals surface area contributed by atoms with Crippen LogP contribution in [0.15, 0.2) is 78.9 Å². The first-order chi connectivity index (χ1) is 16.0. The Hall–Kier alpha value is -4.33. The van der Waals surface area contributed by atoms with Crippen LogP contribution in [0.5, 0.6) is 5.75 Å². The summed E-state index contributed by atoms with van der Waals surface area (Å²) in [6.45, 7) is 0.435. The molecule has 7 nitrogen and oxygen atoms in total. The monoisotopic (exact) mass is 445 g/mol. The molecule has 0 unspecified atom stereocenters. The maximum absolute atomic E-state index is 13.4. The molecule has 0 saturated heterocycles. The number of methoxy groups -OCH3 is 1. The van der Waals surface area contributed by atoms with E-state index in [-0.39, 0.29) is 11.6 Å². The first-order valence-corrected chi connectivity index (χ1v) is 10.4. The van der Waals surface area contributed by atoms with Gasteiger partial charge >= 0.3 is 6.03 Å². The number of urea groups is 1. The van der Waals surface area contributed by atoms with Gasteiger partial charge in [0.2, 0.25) is 0 Å². The molecule has 4 aromatic rings. The van der Waals surface area contributed by atoms with E-state index in [0.29, 0.717) is 30.0 Å². The van der Waals surface area contributed by atoms with Gasteiger partial charge in [-0.25, -0.2) is 13.9 Å². The van der Waals surface area contributed by atoms with Crippen molar-refractivity contribution in [3.63, 3.8) is 0 Å². The van der Waals surface area contributed by atoms with Gasteiger partial charge in [-0.05, 0) is 48.4 Å². The highest BCUT2D eigenvalue weighted by molar-refractivity contribution is 5.97. The third-order valence-corrected chi connectivity index (χ3v) is 5.14. The summed E-state index contributed by atoms with van der Waals surface area (Å²) < 4.78 is 20.0. The molecular weight excluding hydrogens is 421 g/mol. The molecule has 0 spiro atoms. The van der Waals surface area contributed by atoms with Crippen molar-refractivity contribution in [2.45, 2.75) is 6.42 Å². The summed E-state index contributed by atoms with van der Waals surface area (Å²) in [7, 11) is 1.62. The lowest BCUT2D eigenvalue weighted by atomic mass is 10.1. The van der Waals surface area contributed by atoms with Crippen LogP contribution in [0.4, 0.5) is 20.7 Å². The molecule has 0 radical (unpaired) electrons. The fourth-order valence-corrected chi connectivity index (χ4v) is 3.40. The lowest BCUT2D eigenvalue weighted by Crippen LogP contribution is -2.30. The van der Waals surface area contributed by atoms with E-state index in [1.54, 1.807) is 19.2 Å². The number of hydrogen-bond donors (Lipinski definition) is 3. The fourth-order valence-electron chi connectivity index (χ4n) is 3.40. The first kappa shape index (κ1) is 21.9. The van der Waals surface area contributed by atoms with Crippen LogP contribution >= 0.6 is 0 Å². The maximum Gasteiger partial charge on any atom is 0.319 e. The number of aromatic nitrogens is 2. The number of nitrogens with one attached hydrogen (secondary N) is 2. The van der Waals surface area contributed by atoms with Gasteiger partial charge < -0.3 is 21.1 Å². The number of benzene rings is 3. The minimum absolute atomic E-state index is 0.241. The number of halogens is 1. The molecule has 4 rings (SSSR count). The van der Waals surface area contributed by atoms with E-state index in [4.69, 9.17) is 10.5 Å². The van der Waals surface area contributed by atoms with Gasteiger partial charge in [0.15, 0.2) is 5.82 Å². The summed E-state index contributed by atoms with van der Waals surface area (Å²) in [5, 5.41) is 10.3. The van der Waals surface area contributed by atoms with Crippen LogP contribution in [0.1, 0.15) is 5.56 Å². The van der Waals surface area contributed by atoms with Crippen molar-refractivity contribution < 1.29 is 13.9 Å². The Balaban J connectivity index is 1.52. The molecule has 1 heterocycles. The zero-order valence-electron chi connectivity index (χ0n) is 18.1. The smallest absolute Gasteiger partial charge is 0.319 e. The van der Waals surface area contributed by atoms with E-state index < -0.39 is 6.03 Å². The highest BCUT2D eigenvalue weighted by atomic mass is 19.1. The lowest BCUT2D eigenvalue weighted by Gasteiger charge is -2.09. The Labute approximate surface area is 191 Å². The SMILES string of the molecule is COc1ccc(CCNC(=O)Nc2c(-c3ccccc3)nn(-c3ccc(F)cc3)c2N)cc1. The van der Waals surface area contributed by atoms with Gasteiger partial charge in [-0.15, -0.1) is 0 Å². The highest BCUT2D eigenvalue weighted by Gasteiger charge is 2.20. The number of rotatable bonds is 7. The van der Waals surface area contributed by atoms with Crippen LogP contribution in [0.3, 0.4) is 0 Å². The minimum atomic E-state index is -0.397. The first-order valence-electron chi connectivity index (χ1n) is 10.4. The van der Waals surface area contributed by atoms with Crippen molar-refractivity contribution >= 4 is 17.5 Å². The molecule has 168 valence electrons. The Kier molecular flexibility index (Phi) is 6.54. The van der Waals surface area contributed by atoms with Crippen molar-refractivity contribution in [1.29, 1.82) is 0 Å². The molecule has 8 heteroatoms. The maximum atomic E-state index is 13.4. The quantitative estimate of drug-likeness (QED) is 0.386. The van der Waals surface area contributed by atoms with Crippen LogP contribution < -0.4 is 21.1 Å². The van der Waals surface area contributed by atoms with E-state index in [1.165, 1.54) is 16.8 Å². The van der Waals surface area contributed by atoms with Crippen molar-refractivity contribution in [2.24, 2.45) is 0 Å². The molecule has 3 aromatic carbocycles. The average molecular weight is 445 g/mol. The summed E-state index contributed by atoms with van der Waals surface area (Å²) in [6, 6.07) is 22.5. The number of ether oxygens (including phenoxy) is 1. The second-order valence-electron chi connectivity index (χ2n) is 7.34. The highest BCUT2D eigenvalue weighted by Crippen LogP contribution is 2.34. The molecule has 2 amide bonds. The van der Waals surface area contributed by atoms with Crippen molar-refractivity contribution in [2.75, 3.05) is 24.7 Å². The number of anilines is 2. The van der Waals surface area contributed by atoms with E-state index in [0.717, 1.165) is 16.9 Å². The molecule has 0 saturated carbocycles. The van der Waals surface area contributed by atoms with Crippen molar-refractivity contribution in [3.05, 3.63) is 90.2 Å². The molecule has 4 N–H and O–H groups in total. The molecule has 1 aromatic heterocycles. The molecular formula is C25H24FN5O2. The predicted molar refractivity (Wildman–Crippen MR) is 127 cm³/mol. The van der Waals surface area contributed by atoms with Gasteiger partial charge in [-0.2, -0.15) is 5.10 Å². The second-order valence-corrected chi connectivity index (χ2v) is 7.34. The van der Waals surface area contributed by atoms with E-state index in [2.05, 4.69) is 15.7 Å². The molecule has 33 heavy (non-hydrogen) atoms. The normalized spacial score (nSPS) is 10.6. The number of nitrogens with two attached hydrogens (primary N) is 1. The Morgan fingerprint density at radius 3 is 2.39 bits per heavy atom. The molecule has 0 aliphatic heterocycles. The van der Waals surface area contributed by atoms with Crippen molar-refractivity contribution in [3.8, 4) is 22.7 Å². The van der Waals surface area contributed by atoms with Crippen LogP contribution in [0.25, 0.3) is 16.9 Å². The molecule has 0 atom stereocenters. The minimum Gasteiger partial charge on any atom is -0.497 e. The van der Waals surface area contributed by atoms with Crippen molar-refractivity contribution in [1.82, 2.24) is 15.1 Å². The zero-order chi connectivity index (χ0) is 23.2. The van der Waals surface area contributed by atoms with Crippen LogP contribution in [-0.2, 0) is 6.42 Å². The third kappa shape index (κ3) is 5.12. The molecule has 0 aliphatic carbocycles. The third-order valence-electron chi connectivity index (χ3n) is 5.14. The summed E-state index contributed by atoms with van der Waals surface area (Å²) in [5.74, 6) is 0.666. The van der Waals surface area contributed by atoms with Crippen LogP contribution in [-0.4, -0.2) is 29.5 Å². The van der Waals surface area contributed by atoms with Crippen LogP contribution in [0, 0.1) is 5.82 Å². The van der Waals surface area contributed by atoms with Crippen LogP contribution in [0.2, 0.25) is 0 Å². The van der Waals surface area contributed by atoms with Gasteiger partial charge in [-0.1, -0.05) is 42.5 Å². The Bertz CT molecular complexity index is 1220. The Morgan fingerprint density at radius 2 is 1.73 bits per heavy atom. The van der Waals surface area contributed by atoms with Gasteiger partial charge in [0.25, 0.3) is 0 Å². The number of amides is 2. The van der Waals surface area contributed by atoms with E-state index >= 15 is 0 Å². The predicted octanol–water partition coefficient (Wildman–Crippen LogP) is 4.63. The molecule has 0 bridgehead atoms. The largest absolute Gasteiger partial charge is 0.497 e. The fraction of sp³-hybridized carbons (Fsp3) is 0.120. The average Bonchev–Trinajstić information content (AvgIpc) is 3.16. The van der Waals surface area contributed by atoms with Gasteiger partial charge in [-0.3, -0.25) is 0 Å². The van der Waals surface area contributed by atoms with E-state index in [1.807, 2.05) is 54.6 Å². The summed E-state index contributed by atoms with van der Waals surface area (Å²) in [6.07, 6.45) is 0.660. The number of nitrogens with zero attached hydrogens (tertiary/aromatic N) is 2.